The Hall–Kier alpha value is -1.16. The van der Waals surface area contributed by atoms with Crippen molar-refractivity contribution in [1.29, 1.82) is 0 Å². The molecule has 1 saturated heterocycles. The fraction of sp³-hybridized carbons (Fsp3) is 0.667. The zero-order chi connectivity index (χ0) is 11.7. The zero-order valence-corrected chi connectivity index (χ0v) is 10.1. The summed E-state index contributed by atoms with van der Waals surface area (Å²) in [6.45, 7) is 7.24. The highest BCUT2D eigenvalue weighted by molar-refractivity contribution is 5.42. The van der Waals surface area contributed by atoms with Crippen LogP contribution in [0.5, 0.6) is 0 Å². The summed E-state index contributed by atoms with van der Waals surface area (Å²) in [4.78, 5) is 10.9. The second-order valence-electron chi connectivity index (χ2n) is 4.62. The maximum absolute atomic E-state index is 9.42. The van der Waals surface area contributed by atoms with Gasteiger partial charge in [0.1, 0.15) is 11.6 Å². The van der Waals surface area contributed by atoms with Gasteiger partial charge in [-0.2, -0.15) is 0 Å². The van der Waals surface area contributed by atoms with Crippen LogP contribution in [-0.4, -0.2) is 34.3 Å². The van der Waals surface area contributed by atoms with Crippen LogP contribution < -0.4 is 4.90 Å². The van der Waals surface area contributed by atoms with Gasteiger partial charge in [-0.15, -0.1) is 0 Å². The first-order valence-corrected chi connectivity index (χ1v) is 5.81. The molecule has 2 rings (SSSR count). The number of aliphatic hydroxyl groups excluding tert-OH is 1. The third-order valence-corrected chi connectivity index (χ3v) is 3.32. The molecule has 1 aliphatic heterocycles. The van der Waals surface area contributed by atoms with Crippen molar-refractivity contribution in [1.82, 2.24) is 9.97 Å². The van der Waals surface area contributed by atoms with E-state index in [0.717, 1.165) is 30.3 Å². The molecule has 2 unspecified atom stereocenters. The molecule has 4 heteroatoms. The van der Waals surface area contributed by atoms with Crippen LogP contribution in [0.4, 0.5) is 5.82 Å². The summed E-state index contributed by atoms with van der Waals surface area (Å²) in [5.74, 6) is 2.28. The molecule has 2 atom stereocenters. The molecule has 16 heavy (non-hydrogen) atoms. The van der Waals surface area contributed by atoms with E-state index in [1.165, 1.54) is 0 Å². The Morgan fingerprint density at radius 2 is 2.19 bits per heavy atom. The molecule has 1 aliphatic rings. The van der Waals surface area contributed by atoms with Gasteiger partial charge in [-0.1, -0.05) is 6.92 Å². The van der Waals surface area contributed by atoms with Gasteiger partial charge >= 0.3 is 0 Å². The molecule has 0 spiro atoms. The first-order valence-electron chi connectivity index (χ1n) is 5.81. The lowest BCUT2D eigenvalue weighted by atomic mass is 10.0. The minimum atomic E-state index is 0.198. The third kappa shape index (κ3) is 2.02. The predicted octanol–water partition coefficient (Wildman–Crippen LogP) is 1.30. The van der Waals surface area contributed by atoms with Crippen LogP contribution >= 0.6 is 0 Å². The van der Waals surface area contributed by atoms with Crippen LogP contribution in [0.25, 0.3) is 0 Å². The van der Waals surface area contributed by atoms with E-state index >= 15 is 0 Å². The van der Waals surface area contributed by atoms with Crippen molar-refractivity contribution in [2.24, 2.45) is 5.92 Å². The summed E-state index contributed by atoms with van der Waals surface area (Å²) >= 11 is 0. The molecule has 1 fully saturated rings. The summed E-state index contributed by atoms with van der Waals surface area (Å²) in [6, 6.07) is 2.20. The molecule has 0 saturated carbocycles. The molecule has 4 nitrogen and oxygen atoms in total. The lowest BCUT2D eigenvalue weighted by Gasteiger charge is -2.26. The van der Waals surface area contributed by atoms with Crippen LogP contribution in [0.3, 0.4) is 0 Å². The van der Waals surface area contributed by atoms with Gasteiger partial charge < -0.3 is 10.0 Å². The zero-order valence-electron chi connectivity index (χ0n) is 10.1. The van der Waals surface area contributed by atoms with E-state index in [-0.39, 0.29) is 12.6 Å². The van der Waals surface area contributed by atoms with E-state index in [1.807, 2.05) is 19.9 Å². The lowest BCUT2D eigenvalue weighted by Crippen LogP contribution is -2.35. The van der Waals surface area contributed by atoms with Gasteiger partial charge in [-0.25, -0.2) is 9.97 Å². The van der Waals surface area contributed by atoms with E-state index in [1.54, 1.807) is 0 Å². The van der Waals surface area contributed by atoms with E-state index in [4.69, 9.17) is 0 Å². The second kappa shape index (κ2) is 4.37. The standard InChI is InChI=1S/C12H19N3O/c1-8-4-5-15(11(8)7-16)12-6-9(2)13-10(3)14-12/h6,8,11,16H,4-5,7H2,1-3H3. The van der Waals surface area contributed by atoms with Gasteiger partial charge in [0.15, 0.2) is 0 Å². The molecule has 0 aromatic carbocycles. The Kier molecular flexibility index (Phi) is 3.10. The van der Waals surface area contributed by atoms with Crippen molar-refractivity contribution >= 4 is 5.82 Å². The Morgan fingerprint density at radius 3 is 2.81 bits per heavy atom. The van der Waals surface area contributed by atoms with Crippen molar-refractivity contribution in [3.8, 4) is 0 Å². The molecule has 0 bridgehead atoms. The molecule has 2 heterocycles. The highest BCUT2D eigenvalue weighted by Gasteiger charge is 2.31. The molecule has 0 aliphatic carbocycles. The predicted molar refractivity (Wildman–Crippen MR) is 63.5 cm³/mol. The van der Waals surface area contributed by atoms with Gasteiger partial charge in [0.25, 0.3) is 0 Å². The first kappa shape index (κ1) is 11.3. The van der Waals surface area contributed by atoms with Gasteiger partial charge in [-0.3, -0.25) is 0 Å². The van der Waals surface area contributed by atoms with E-state index < -0.39 is 0 Å². The summed E-state index contributed by atoms with van der Waals surface area (Å²) < 4.78 is 0. The third-order valence-electron chi connectivity index (χ3n) is 3.32. The smallest absolute Gasteiger partial charge is 0.132 e. The SMILES string of the molecule is Cc1cc(N2CCC(C)C2CO)nc(C)n1. The summed E-state index contributed by atoms with van der Waals surface area (Å²) in [7, 11) is 0. The van der Waals surface area contributed by atoms with E-state index in [2.05, 4.69) is 21.8 Å². The number of aliphatic hydroxyl groups is 1. The highest BCUT2D eigenvalue weighted by Crippen LogP contribution is 2.28. The van der Waals surface area contributed by atoms with Crippen molar-refractivity contribution < 1.29 is 5.11 Å². The number of nitrogens with zero attached hydrogens (tertiary/aromatic N) is 3. The average molecular weight is 221 g/mol. The highest BCUT2D eigenvalue weighted by atomic mass is 16.3. The summed E-state index contributed by atoms with van der Waals surface area (Å²) in [6.07, 6.45) is 1.12. The Labute approximate surface area is 96.3 Å². The number of anilines is 1. The van der Waals surface area contributed by atoms with Gasteiger partial charge in [0, 0.05) is 18.3 Å². The maximum Gasteiger partial charge on any atom is 0.132 e. The normalized spacial score (nSPS) is 25.1. The lowest BCUT2D eigenvalue weighted by molar-refractivity contribution is 0.244. The fourth-order valence-corrected chi connectivity index (χ4v) is 2.42. The largest absolute Gasteiger partial charge is 0.394 e. The van der Waals surface area contributed by atoms with Crippen LogP contribution in [0.15, 0.2) is 6.07 Å². The Morgan fingerprint density at radius 1 is 1.44 bits per heavy atom. The van der Waals surface area contributed by atoms with Crippen LogP contribution in [0.1, 0.15) is 24.9 Å². The van der Waals surface area contributed by atoms with E-state index in [0.29, 0.717) is 5.92 Å². The first-order chi connectivity index (χ1) is 7.61. The fourth-order valence-electron chi connectivity index (χ4n) is 2.42. The summed E-state index contributed by atoms with van der Waals surface area (Å²) in [5.41, 5.74) is 0.985. The molecular formula is C12H19N3O. The number of rotatable bonds is 2. The molecule has 0 radical (unpaired) electrons. The molecule has 88 valence electrons. The minimum Gasteiger partial charge on any atom is -0.394 e. The van der Waals surface area contributed by atoms with Crippen molar-refractivity contribution in [2.45, 2.75) is 33.2 Å². The minimum absolute atomic E-state index is 0.198. The quantitative estimate of drug-likeness (QED) is 0.818. The maximum atomic E-state index is 9.42. The average Bonchev–Trinajstić information content (AvgIpc) is 2.58. The van der Waals surface area contributed by atoms with Crippen LogP contribution in [-0.2, 0) is 0 Å². The number of hydrogen-bond acceptors (Lipinski definition) is 4. The van der Waals surface area contributed by atoms with Crippen LogP contribution in [0, 0.1) is 19.8 Å². The Bertz CT molecular complexity index is 360. The topological polar surface area (TPSA) is 49.2 Å². The molecule has 1 aromatic heterocycles. The van der Waals surface area contributed by atoms with Gasteiger partial charge in [-0.05, 0) is 26.2 Å². The van der Waals surface area contributed by atoms with Crippen molar-refractivity contribution in [3.05, 3.63) is 17.6 Å². The number of hydrogen-bond donors (Lipinski definition) is 1. The Balaban J connectivity index is 2.29. The molecule has 1 N–H and O–H groups in total. The molecule has 0 amide bonds. The van der Waals surface area contributed by atoms with Gasteiger partial charge in [0.2, 0.25) is 0 Å². The summed E-state index contributed by atoms with van der Waals surface area (Å²) in [5, 5.41) is 9.42. The molecule has 1 aromatic rings. The monoisotopic (exact) mass is 221 g/mol. The molecular weight excluding hydrogens is 202 g/mol. The number of aromatic nitrogens is 2. The van der Waals surface area contributed by atoms with Crippen LogP contribution in [0.2, 0.25) is 0 Å². The van der Waals surface area contributed by atoms with Crippen molar-refractivity contribution in [3.63, 3.8) is 0 Å². The number of aryl methyl sites for hydroxylation is 2. The van der Waals surface area contributed by atoms with Gasteiger partial charge in [0.05, 0.1) is 12.6 Å². The van der Waals surface area contributed by atoms with E-state index in [9.17, 15) is 5.11 Å². The van der Waals surface area contributed by atoms with Crippen molar-refractivity contribution in [2.75, 3.05) is 18.1 Å². The second-order valence-corrected chi connectivity index (χ2v) is 4.62.